The van der Waals surface area contributed by atoms with E-state index in [1.807, 2.05) is 0 Å². The maximum atomic E-state index is 12.7. The van der Waals surface area contributed by atoms with Crippen molar-refractivity contribution in [3.05, 3.63) is 40.1 Å². The Labute approximate surface area is 126 Å². The van der Waals surface area contributed by atoms with E-state index in [0.29, 0.717) is 0 Å². The number of nitrogens with zero attached hydrogens (tertiary/aromatic N) is 2. The molecule has 1 aromatic carbocycles. The third-order valence-electron chi connectivity index (χ3n) is 2.56. The third-order valence-corrected chi connectivity index (χ3v) is 3.01. The zero-order valence-electron chi connectivity index (χ0n) is 10.7. The molecule has 3 N–H and O–H groups in total. The number of benzene rings is 1. The average Bonchev–Trinajstić information content (AvgIpc) is 2.66. The molecular weight excluding hydrogens is 353 g/mol. The van der Waals surface area contributed by atoms with E-state index in [-0.39, 0.29) is 21.5 Å². The molecule has 0 aliphatic heterocycles. The van der Waals surface area contributed by atoms with Crippen LogP contribution < -0.4 is 11.1 Å². The predicted octanol–water partition coefficient (Wildman–Crippen LogP) is 3.04. The summed E-state index contributed by atoms with van der Waals surface area (Å²) >= 11 is 2.97. The van der Waals surface area contributed by atoms with E-state index in [9.17, 15) is 18.0 Å². The van der Waals surface area contributed by atoms with E-state index in [4.69, 9.17) is 5.73 Å². The molecule has 2 rings (SSSR count). The Morgan fingerprint density at radius 3 is 2.57 bits per heavy atom. The van der Waals surface area contributed by atoms with Gasteiger partial charge >= 0.3 is 6.18 Å². The van der Waals surface area contributed by atoms with Gasteiger partial charge in [0.2, 0.25) is 0 Å². The molecule has 5 nitrogen and oxygen atoms in total. The van der Waals surface area contributed by atoms with Crippen LogP contribution in [0.3, 0.4) is 0 Å². The van der Waals surface area contributed by atoms with Crippen LogP contribution in [0.5, 0.6) is 0 Å². The highest BCUT2D eigenvalue weighted by Gasteiger charge is 2.31. The fraction of sp³-hybridized carbons (Fsp3) is 0.167. The van der Waals surface area contributed by atoms with E-state index in [0.717, 1.165) is 12.1 Å². The highest BCUT2D eigenvalue weighted by molar-refractivity contribution is 9.10. The molecule has 1 heterocycles. The molecule has 0 aliphatic rings. The third kappa shape index (κ3) is 3.54. The van der Waals surface area contributed by atoms with Crippen LogP contribution >= 0.6 is 15.9 Å². The van der Waals surface area contributed by atoms with Crippen molar-refractivity contribution in [2.75, 3.05) is 11.1 Å². The Bertz CT molecular complexity index is 696. The van der Waals surface area contributed by atoms with Gasteiger partial charge in [-0.3, -0.25) is 9.48 Å². The Hall–Kier alpha value is -2.03. The van der Waals surface area contributed by atoms with E-state index in [1.165, 1.54) is 16.9 Å². The highest BCUT2D eigenvalue weighted by atomic mass is 79.9. The van der Waals surface area contributed by atoms with Crippen LogP contribution in [0.15, 0.2) is 28.9 Å². The van der Waals surface area contributed by atoms with E-state index >= 15 is 0 Å². The Morgan fingerprint density at radius 2 is 2.05 bits per heavy atom. The molecule has 9 heteroatoms. The first-order valence-electron chi connectivity index (χ1n) is 5.65. The van der Waals surface area contributed by atoms with Gasteiger partial charge in [0, 0.05) is 23.4 Å². The number of alkyl halides is 3. The molecule has 112 valence electrons. The summed E-state index contributed by atoms with van der Waals surface area (Å²) in [7, 11) is 1.58. The SMILES string of the molecule is Cn1cc(N)c(C(=O)Nc2cc(Br)cc(C(F)(F)F)c2)n1. The Morgan fingerprint density at radius 1 is 1.38 bits per heavy atom. The molecule has 0 radical (unpaired) electrons. The number of anilines is 2. The zero-order chi connectivity index (χ0) is 15.8. The van der Waals surface area contributed by atoms with E-state index in [1.54, 1.807) is 7.05 Å². The van der Waals surface area contributed by atoms with Gasteiger partial charge in [-0.15, -0.1) is 0 Å². The maximum Gasteiger partial charge on any atom is 0.416 e. The van der Waals surface area contributed by atoms with Gasteiger partial charge in [-0.25, -0.2) is 0 Å². The number of carbonyl (C=O) groups excluding carboxylic acids is 1. The molecule has 0 saturated heterocycles. The lowest BCUT2D eigenvalue weighted by molar-refractivity contribution is -0.137. The fourth-order valence-corrected chi connectivity index (χ4v) is 2.19. The molecular formula is C12H10BrF3N4O. The summed E-state index contributed by atoms with van der Waals surface area (Å²) in [4.78, 5) is 12.0. The number of aromatic nitrogens is 2. The van der Waals surface area contributed by atoms with Gasteiger partial charge in [-0.05, 0) is 18.2 Å². The molecule has 0 saturated carbocycles. The fourth-order valence-electron chi connectivity index (χ4n) is 1.70. The van der Waals surface area contributed by atoms with Crippen molar-refractivity contribution in [2.45, 2.75) is 6.18 Å². The molecule has 21 heavy (non-hydrogen) atoms. The van der Waals surface area contributed by atoms with Crippen LogP contribution in [0.1, 0.15) is 16.1 Å². The molecule has 0 spiro atoms. The number of nitrogen functional groups attached to an aromatic ring is 1. The molecule has 0 bridgehead atoms. The summed E-state index contributed by atoms with van der Waals surface area (Å²) in [5.74, 6) is -0.681. The van der Waals surface area contributed by atoms with Gasteiger partial charge < -0.3 is 11.1 Å². The van der Waals surface area contributed by atoms with Crippen LogP contribution in [0, 0.1) is 0 Å². The van der Waals surface area contributed by atoms with Crippen LogP contribution in [0.25, 0.3) is 0 Å². The van der Waals surface area contributed by atoms with Gasteiger partial charge in [-0.2, -0.15) is 18.3 Å². The van der Waals surface area contributed by atoms with Crippen molar-refractivity contribution in [3.8, 4) is 0 Å². The number of hydrogen-bond acceptors (Lipinski definition) is 3. The van der Waals surface area contributed by atoms with Gasteiger partial charge in [0.05, 0.1) is 11.3 Å². The normalized spacial score (nSPS) is 11.5. The minimum Gasteiger partial charge on any atom is -0.396 e. The molecule has 1 amide bonds. The lowest BCUT2D eigenvalue weighted by Crippen LogP contribution is -2.15. The number of nitrogens with two attached hydrogens (primary N) is 1. The number of halogens is 4. The molecule has 0 unspecified atom stereocenters. The van der Waals surface area contributed by atoms with Gasteiger partial charge in [0.1, 0.15) is 0 Å². The predicted molar refractivity (Wildman–Crippen MR) is 74.7 cm³/mol. The summed E-state index contributed by atoms with van der Waals surface area (Å²) < 4.78 is 39.7. The van der Waals surface area contributed by atoms with E-state index in [2.05, 4.69) is 26.3 Å². The van der Waals surface area contributed by atoms with Crippen molar-refractivity contribution >= 4 is 33.2 Å². The average molecular weight is 363 g/mol. The van der Waals surface area contributed by atoms with Crippen LogP contribution in [0.4, 0.5) is 24.5 Å². The summed E-state index contributed by atoms with van der Waals surface area (Å²) in [6.07, 6.45) is -3.08. The number of hydrogen-bond donors (Lipinski definition) is 2. The summed E-state index contributed by atoms with van der Waals surface area (Å²) in [6.45, 7) is 0. The Balaban J connectivity index is 2.29. The number of aryl methyl sites for hydroxylation is 1. The van der Waals surface area contributed by atoms with Gasteiger partial charge in [0.25, 0.3) is 5.91 Å². The lowest BCUT2D eigenvalue weighted by atomic mass is 10.2. The summed E-state index contributed by atoms with van der Waals surface area (Å²) in [5.41, 5.74) is 4.80. The summed E-state index contributed by atoms with van der Waals surface area (Å²) in [6, 6.07) is 3.11. The number of amides is 1. The maximum absolute atomic E-state index is 12.7. The second-order valence-electron chi connectivity index (χ2n) is 4.29. The molecule has 2 aromatic rings. The number of carbonyl (C=O) groups is 1. The largest absolute Gasteiger partial charge is 0.416 e. The smallest absolute Gasteiger partial charge is 0.396 e. The van der Waals surface area contributed by atoms with Crippen molar-refractivity contribution in [1.29, 1.82) is 0 Å². The van der Waals surface area contributed by atoms with Gasteiger partial charge in [-0.1, -0.05) is 15.9 Å². The summed E-state index contributed by atoms with van der Waals surface area (Å²) in [5, 5.41) is 6.19. The second kappa shape index (κ2) is 5.40. The van der Waals surface area contributed by atoms with Gasteiger partial charge in [0.15, 0.2) is 5.69 Å². The molecule has 0 fully saturated rings. The second-order valence-corrected chi connectivity index (χ2v) is 5.20. The number of rotatable bonds is 2. The highest BCUT2D eigenvalue weighted by Crippen LogP contribution is 2.33. The van der Waals surface area contributed by atoms with Crippen LogP contribution in [-0.2, 0) is 13.2 Å². The van der Waals surface area contributed by atoms with Crippen LogP contribution in [-0.4, -0.2) is 15.7 Å². The van der Waals surface area contributed by atoms with Crippen molar-refractivity contribution in [1.82, 2.24) is 9.78 Å². The first-order valence-corrected chi connectivity index (χ1v) is 6.44. The van der Waals surface area contributed by atoms with E-state index < -0.39 is 17.6 Å². The minimum atomic E-state index is -4.51. The van der Waals surface area contributed by atoms with Crippen molar-refractivity contribution in [3.63, 3.8) is 0 Å². The first-order chi connectivity index (χ1) is 9.66. The van der Waals surface area contributed by atoms with Crippen molar-refractivity contribution in [2.24, 2.45) is 7.05 Å². The first kappa shape index (κ1) is 15.4. The quantitative estimate of drug-likeness (QED) is 0.862. The standard InChI is InChI=1S/C12H10BrF3N4O/c1-20-5-9(17)10(19-20)11(21)18-8-3-6(12(14,15)16)2-7(13)4-8/h2-5H,17H2,1H3,(H,18,21). The topological polar surface area (TPSA) is 72.9 Å². The Kier molecular flexibility index (Phi) is 3.95. The molecule has 1 aromatic heterocycles. The zero-order valence-corrected chi connectivity index (χ0v) is 12.3. The monoisotopic (exact) mass is 362 g/mol. The number of nitrogens with one attached hydrogen (secondary N) is 1. The molecule has 0 aliphatic carbocycles. The lowest BCUT2D eigenvalue weighted by Gasteiger charge is -2.10. The van der Waals surface area contributed by atoms with Crippen LogP contribution in [0.2, 0.25) is 0 Å². The minimum absolute atomic E-state index is 0.00764. The molecule has 0 atom stereocenters. The van der Waals surface area contributed by atoms with Crippen molar-refractivity contribution < 1.29 is 18.0 Å².